The summed E-state index contributed by atoms with van der Waals surface area (Å²) in [5.74, 6) is -0.225. The molecule has 1 atom stereocenters. The quantitative estimate of drug-likeness (QED) is 0.380. The highest BCUT2D eigenvalue weighted by atomic mass is 32.2. The minimum absolute atomic E-state index is 0.0720. The van der Waals surface area contributed by atoms with Gasteiger partial charge in [0, 0.05) is 12.6 Å². The van der Waals surface area contributed by atoms with E-state index in [0.717, 1.165) is 15.4 Å². The topological polar surface area (TPSA) is 96.0 Å². The first-order valence-electron chi connectivity index (χ1n) is 12.8. The highest BCUT2D eigenvalue weighted by molar-refractivity contribution is 7.92. The molecule has 1 N–H and O–H groups in total. The fourth-order valence-electron chi connectivity index (χ4n) is 4.27. The Morgan fingerprint density at radius 2 is 1.62 bits per heavy atom. The molecule has 2 amide bonds. The third-order valence-electron chi connectivity index (χ3n) is 6.32. The van der Waals surface area contributed by atoms with Crippen molar-refractivity contribution in [3.05, 3.63) is 89.5 Å². The normalized spacial score (nSPS) is 12.1. The third-order valence-corrected chi connectivity index (χ3v) is 8.09. The fraction of sp³-hybridized carbons (Fsp3) is 0.333. The molecule has 3 aromatic rings. The lowest BCUT2D eigenvalue weighted by Crippen LogP contribution is -2.52. The van der Waals surface area contributed by atoms with Gasteiger partial charge < -0.3 is 15.0 Å². The molecular formula is C30H37N3O5S. The van der Waals surface area contributed by atoms with Crippen LogP contribution in [0.1, 0.15) is 37.5 Å². The van der Waals surface area contributed by atoms with E-state index in [1.54, 1.807) is 56.5 Å². The number of ether oxygens (including phenoxy) is 1. The van der Waals surface area contributed by atoms with Gasteiger partial charge in [0.15, 0.2) is 0 Å². The van der Waals surface area contributed by atoms with Gasteiger partial charge in [0.05, 0.1) is 17.7 Å². The number of hydrogen-bond donors (Lipinski definition) is 1. The van der Waals surface area contributed by atoms with Crippen LogP contribution in [0.3, 0.4) is 0 Å². The number of nitrogens with one attached hydrogen (secondary N) is 1. The van der Waals surface area contributed by atoms with Gasteiger partial charge in [-0.05, 0) is 76.1 Å². The van der Waals surface area contributed by atoms with E-state index in [2.05, 4.69) is 5.32 Å². The number of anilines is 1. The summed E-state index contributed by atoms with van der Waals surface area (Å²) in [5.41, 5.74) is 2.83. The fourth-order valence-corrected chi connectivity index (χ4v) is 5.77. The van der Waals surface area contributed by atoms with Gasteiger partial charge in [-0.1, -0.05) is 48.0 Å². The minimum Gasteiger partial charge on any atom is -0.497 e. The van der Waals surface area contributed by atoms with Crippen molar-refractivity contribution >= 4 is 27.5 Å². The summed E-state index contributed by atoms with van der Waals surface area (Å²) < 4.78 is 34.2. The van der Waals surface area contributed by atoms with E-state index in [-0.39, 0.29) is 23.4 Å². The average molecular weight is 552 g/mol. The van der Waals surface area contributed by atoms with Crippen LogP contribution in [0.2, 0.25) is 0 Å². The SMILES string of the molecule is COc1cccc(CN(C(=O)CN(c2ccc(C)cc2C)S(=O)(=O)c2ccccc2)[C@@H](C)C(=O)NC(C)C)c1. The van der Waals surface area contributed by atoms with E-state index in [1.165, 1.54) is 17.0 Å². The van der Waals surface area contributed by atoms with Gasteiger partial charge in [0.1, 0.15) is 18.3 Å². The van der Waals surface area contributed by atoms with E-state index in [9.17, 15) is 18.0 Å². The lowest BCUT2D eigenvalue weighted by molar-refractivity contribution is -0.139. The largest absolute Gasteiger partial charge is 0.497 e. The lowest BCUT2D eigenvalue weighted by Gasteiger charge is -2.32. The van der Waals surface area contributed by atoms with Crippen molar-refractivity contribution in [3.63, 3.8) is 0 Å². The predicted molar refractivity (Wildman–Crippen MR) is 153 cm³/mol. The van der Waals surface area contributed by atoms with Crippen LogP contribution in [-0.2, 0) is 26.2 Å². The summed E-state index contributed by atoms with van der Waals surface area (Å²) >= 11 is 0. The predicted octanol–water partition coefficient (Wildman–Crippen LogP) is 4.45. The molecule has 0 fully saturated rings. The Morgan fingerprint density at radius 1 is 0.923 bits per heavy atom. The number of amides is 2. The zero-order chi connectivity index (χ0) is 28.7. The number of hydrogen-bond acceptors (Lipinski definition) is 5. The number of methoxy groups -OCH3 is 1. The summed E-state index contributed by atoms with van der Waals surface area (Å²) in [5, 5.41) is 2.85. The van der Waals surface area contributed by atoms with Gasteiger partial charge in [-0.3, -0.25) is 13.9 Å². The van der Waals surface area contributed by atoms with Crippen LogP contribution in [0, 0.1) is 13.8 Å². The molecule has 3 rings (SSSR count). The molecule has 0 bridgehead atoms. The van der Waals surface area contributed by atoms with Crippen molar-refractivity contribution < 1.29 is 22.7 Å². The van der Waals surface area contributed by atoms with Crippen molar-refractivity contribution in [3.8, 4) is 5.75 Å². The summed E-state index contributed by atoms with van der Waals surface area (Å²) in [6.07, 6.45) is 0. The van der Waals surface area contributed by atoms with Crippen LogP contribution in [0.5, 0.6) is 5.75 Å². The maximum atomic E-state index is 14.0. The molecule has 39 heavy (non-hydrogen) atoms. The monoisotopic (exact) mass is 551 g/mol. The molecule has 0 spiro atoms. The maximum Gasteiger partial charge on any atom is 0.264 e. The van der Waals surface area contributed by atoms with Gasteiger partial charge >= 0.3 is 0 Å². The second-order valence-corrected chi connectivity index (χ2v) is 11.7. The van der Waals surface area contributed by atoms with Crippen LogP contribution >= 0.6 is 0 Å². The Bertz CT molecular complexity index is 1410. The van der Waals surface area contributed by atoms with Crippen LogP contribution in [0.4, 0.5) is 5.69 Å². The Hall–Kier alpha value is -3.85. The maximum absolute atomic E-state index is 14.0. The number of rotatable bonds is 11. The molecule has 3 aromatic carbocycles. The highest BCUT2D eigenvalue weighted by Gasteiger charge is 2.33. The van der Waals surface area contributed by atoms with E-state index in [4.69, 9.17) is 4.74 Å². The first-order chi connectivity index (χ1) is 18.4. The van der Waals surface area contributed by atoms with Gasteiger partial charge in [-0.15, -0.1) is 0 Å². The zero-order valence-electron chi connectivity index (χ0n) is 23.3. The molecule has 0 aliphatic carbocycles. The van der Waals surface area contributed by atoms with E-state index in [0.29, 0.717) is 17.0 Å². The summed E-state index contributed by atoms with van der Waals surface area (Å²) in [7, 11) is -2.55. The molecule has 0 aliphatic rings. The number of sulfonamides is 1. The summed E-state index contributed by atoms with van der Waals surface area (Å²) in [6, 6.07) is 19.6. The van der Waals surface area contributed by atoms with Gasteiger partial charge in [0.25, 0.3) is 10.0 Å². The Morgan fingerprint density at radius 3 is 2.23 bits per heavy atom. The third kappa shape index (κ3) is 7.38. The smallest absolute Gasteiger partial charge is 0.264 e. The number of aryl methyl sites for hydroxylation is 2. The zero-order valence-corrected chi connectivity index (χ0v) is 24.2. The minimum atomic E-state index is -4.10. The Labute approximate surface area is 231 Å². The van der Waals surface area contributed by atoms with Crippen LogP contribution in [-0.4, -0.2) is 50.9 Å². The highest BCUT2D eigenvalue weighted by Crippen LogP contribution is 2.28. The van der Waals surface area contributed by atoms with Crippen molar-refractivity contribution in [2.45, 2.75) is 58.1 Å². The molecule has 0 aliphatic heterocycles. The lowest BCUT2D eigenvalue weighted by atomic mass is 10.1. The second-order valence-electron chi connectivity index (χ2n) is 9.83. The van der Waals surface area contributed by atoms with E-state index < -0.39 is 28.5 Å². The second kappa shape index (κ2) is 12.8. The molecule has 0 heterocycles. The van der Waals surface area contributed by atoms with Crippen molar-refractivity contribution in [1.29, 1.82) is 0 Å². The summed E-state index contributed by atoms with van der Waals surface area (Å²) in [6.45, 7) is 8.67. The van der Waals surface area contributed by atoms with Crippen molar-refractivity contribution in [2.75, 3.05) is 18.0 Å². The van der Waals surface area contributed by atoms with Crippen LogP contribution in [0.25, 0.3) is 0 Å². The number of carbonyl (C=O) groups excluding carboxylic acids is 2. The molecule has 9 heteroatoms. The van der Waals surface area contributed by atoms with Gasteiger partial charge in [-0.25, -0.2) is 8.42 Å². The standard InChI is InChI=1S/C30H37N3O5S/c1-21(2)31-30(35)24(5)32(19-25-11-10-12-26(18-25)38-6)29(34)20-33(28-16-15-22(3)17-23(28)4)39(36,37)27-13-8-7-9-14-27/h7-18,21,24H,19-20H2,1-6H3,(H,31,35)/t24-/m0/s1. The molecule has 208 valence electrons. The molecule has 0 saturated carbocycles. The van der Waals surface area contributed by atoms with Crippen molar-refractivity contribution in [1.82, 2.24) is 10.2 Å². The Kier molecular flexibility index (Phi) is 9.75. The van der Waals surface area contributed by atoms with Crippen LogP contribution in [0.15, 0.2) is 77.7 Å². The van der Waals surface area contributed by atoms with Gasteiger partial charge in [0.2, 0.25) is 11.8 Å². The number of benzene rings is 3. The molecular weight excluding hydrogens is 514 g/mol. The molecule has 0 unspecified atom stereocenters. The molecule has 8 nitrogen and oxygen atoms in total. The van der Waals surface area contributed by atoms with Crippen molar-refractivity contribution in [2.24, 2.45) is 0 Å². The van der Waals surface area contributed by atoms with E-state index >= 15 is 0 Å². The molecule has 0 radical (unpaired) electrons. The Balaban J connectivity index is 2.06. The molecule has 0 saturated heterocycles. The number of nitrogens with zero attached hydrogens (tertiary/aromatic N) is 2. The first-order valence-corrected chi connectivity index (χ1v) is 14.3. The number of carbonyl (C=O) groups is 2. The van der Waals surface area contributed by atoms with E-state index in [1.807, 2.05) is 45.9 Å². The average Bonchev–Trinajstić information content (AvgIpc) is 2.90. The first kappa shape index (κ1) is 29.7. The van der Waals surface area contributed by atoms with Gasteiger partial charge in [-0.2, -0.15) is 0 Å². The molecule has 0 aromatic heterocycles. The van der Waals surface area contributed by atoms with Crippen LogP contribution < -0.4 is 14.4 Å². The summed E-state index contributed by atoms with van der Waals surface area (Å²) in [4.78, 5) is 28.5.